The number of amides is 2. The van der Waals surface area contributed by atoms with Gasteiger partial charge in [-0.2, -0.15) is 5.10 Å². The maximum absolute atomic E-state index is 12.4. The quantitative estimate of drug-likeness (QED) is 0.769. The van der Waals surface area contributed by atoms with Crippen LogP contribution in [0.4, 0.5) is 0 Å². The van der Waals surface area contributed by atoms with E-state index in [0.717, 1.165) is 5.69 Å². The highest BCUT2D eigenvalue weighted by Crippen LogP contribution is 2.23. The third-order valence-corrected chi connectivity index (χ3v) is 3.97. The Bertz CT molecular complexity index is 830. The number of hydrogen-bond donors (Lipinski definition) is 2. The highest BCUT2D eigenvalue weighted by Gasteiger charge is 2.23. The summed E-state index contributed by atoms with van der Waals surface area (Å²) in [5.74, 6) is 0.0285. The molecule has 7 nitrogen and oxygen atoms in total. The molecule has 0 fully saturated rings. The molecule has 2 aromatic rings. The van der Waals surface area contributed by atoms with Gasteiger partial charge in [0.1, 0.15) is 5.75 Å². The van der Waals surface area contributed by atoms with Crippen molar-refractivity contribution in [2.75, 3.05) is 0 Å². The molecule has 0 saturated heterocycles. The second kappa shape index (κ2) is 8.46. The maximum atomic E-state index is 12.4. The minimum atomic E-state index is -0.460. The number of aromatic nitrogens is 2. The molecule has 7 heteroatoms. The number of carbonyl (C=O) groups excluding carboxylic acids is 2. The summed E-state index contributed by atoms with van der Waals surface area (Å²) >= 11 is 0. The van der Waals surface area contributed by atoms with Gasteiger partial charge in [-0.15, -0.1) is 0 Å². The predicted molar refractivity (Wildman–Crippen MR) is 108 cm³/mol. The molecule has 0 unspecified atom stereocenters. The van der Waals surface area contributed by atoms with E-state index in [0.29, 0.717) is 11.3 Å². The van der Waals surface area contributed by atoms with E-state index in [2.05, 4.69) is 29.8 Å². The van der Waals surface area contributed by atoms with E-state index in [4.69, 9.17) is 4.74 Å². The average molecular weight is 386 g/mol. The Kier molecular flexibility index (Phi) is 6.48. The van der Waals surface area contributed by atoms with Crippen LogP contribution in [0.3, 0.4) is 0 Å². The lowest BCUT2D eigenvalue weighted by atomic mass is 10.1. The van der Waals surface area contributed by atoms with Crippen molar-refractivity contribution >= 4 is 11.8 Å². The molecule has 0 spiro atoms. The molecule has 0 aliphatic rings. The van der Waals surface area contributed by atoms with Crippen molar-refractivity contribution in [1.82, 2.24) is 20.6 Å². The van der Waals surface area contributed by atoms with Gasteiger partial charge in [-0.3, -0.25) is 25.1 Å². The second-order valence-corrected chi connectivity index (χ2v) is 8.29. The number of hydrogen-bond acceptors (Lipinski definition) is 4. The molecule has 0 radical (unpaired) electrons. The molecule has 28 heavy (non-hydrogen) atoms. The molecule has 0 atom stereocenters. The van der Waals surface area contributed by atoms with Crippen molar-refractivity contribution < 1.29 is 14.3 Å². The largest absolute Gasteiger partial charge is 0.491 e. The summed E-state index contributed by atoms with van der Waals surface area (Å²) in [6.45, 7) is 14.1. The Morgan fingerprint density at radius 3 is 2.04 bits per heavy atom. The van der Waals surface area contributed by atoms with E-state index >= 15 is 0 Å². The summed E-state index contributed by atoms with van der Waals surface area (Å²) in [5, 5.41) is 4.43. The van der Waals surface area contributed by atoms with Crippen molar-refractivity contribution in [3.63, 3.8) is 0 Å². The number of carbonyl (C=O) groups is 2. The zero-order valence-electron chi connectivity index (χ0n) is 17.7. The first-order valence-corrected chi connectivity index (χ1v) is 9.47. The number of nitrogens with zero attached hydrogens (tertiary/aromatic N) is 2. The van der Waals surface area contributed by atoms with E-state index < -0.39 is 11.8 Å². The average Bonchev–Trinajstić information content (AvgIpc) is 3.05. The Morgan fingerprint density at radius 1 is 1.00 bits per heavy atom. The van der Waals surface area contributed by atoms with Crippen LogP contribution in [0.5, 0.6) is 5.75 Å². The van der Waals surface area contributed by atoms with Crippen LogP contribution in [0.2, 0.25) is 0 Å². The van der Waals surface area contributed by atoms with Crippen LogP contribution < -0.4 is 15.6 Å². The van der Waals surface area contributed by atoms with Crippen LogP contribution in [0.1, 0.15) is 80.9 Å². The molecule has 152 valence electrons. The molecular weight excluding hydrogens is 356 g/mol. The fraction of sp³-hybridized carbons (Fsp3) is 0.476. The van der Waals surface area contributed by atoms with Crippen molar-refractivity contribution in [3.05, 3.63) is 47.3 Å². The summed E-state index contributed by atoms with van der Waals surface area (Å²) in [5.41, 5.74) is 6.25. The Hall–Kier alpha value is -2.83. The number of ether oxygens (including phenoxy) is 1. The van der Waals surface area contributed by atoms with E-state index in [9.17, 15) is 9.59 Å². The molecule has 0 aliphatic carbocycles. The first-order valence-electron chi connectivity index (χ1n) is 9.47. The minimum absolute atomic E-state index is 0.0580. The summed E-state index contributed by atoms with van der Waals surface area (Å²) < 4.78 is 7.40. The number of hydrazine groups is 1. The second-order valence-electron chi connectivity index (χ2n) is 8.29. The maximum Gasteiger partial charge on any atom is 0.290 e. The summed E-state index contributed by atoms with van der Waals surface area (Å²) in [6, 6.07) is 8.48. The Morgan fingerprint density at radius 2 is 1.57 bits per heavy atom. The van der Waals surface area contributed by atoms with Gasteiger partial charge in [0.25, 0.3) is 11.8 Å². The van der Waals surface area contributed by atoms with Gasteiger partial charge < -0.3 is 4.74 Å². The molecular formula is C21H30N4O3. The van der Waals surface area contributed by atoms with E-state index in [1.165, 1.54) is 0 Å². The van der Waals surface area contributed by atoms with Gasteiger partial charge in [0, 0.05) is 11.3 Å². The lowest BCUT2D eigenvalue weighted by Gasteiger charge is -2.23. The van der Waals surface area contributed by atoms with Crippen LogP contribution in [0.15, 0.2) is 30.3 Å². The topological polar surface area (TPSA) is 85.3 Å². The monoisotopic (exact) mass is 386 g/mol. The predicted octanol–water partition coefficient (Wildman–Crippen LogP) is 3.62. The van der Waals surface area contributed by atoms with Crippen LogP contribution in [0.25, 0.3) is 0 Å². The van der Waals surface area contributed by atoms with Crippen LogP contribution >= 0.6 is 0 Å². The van der Waals surface area contributed by atoms with Crippen molar-refractivity contribution in [2.24, 2.45) is 0 Å². The first kappa shape index (κ1) is 21.5. The van der Waals surface area contributed by atoms with Crippen molar-refractivity contribution in [1.29, 1.82) is 0 Å². The molecule has 2 N–H and O–H groups in total. The molecule has 0 saturated carbocycles. The highest BCUT2D eigenvalue weighted by molar-refractivity contribution is 5.98. The molecule has 2 rings (SSSR count). The zero-order chi connectivity index (χ0) is 21.1. The van der Waals surface area contributed by atoms with E-state index in [-0.39, 0.29) is 23.3 Å². The number of nitrogens with one attached hydrogen (secondary N) is 2. The molecule has 2 amide bonds. The van der Waals surface area contributed by atoms with Gasteiger partial charge in [-0.05, 0) is 70.9 Å². The third-order valence-electron chi connectivity index (χ3n) is 3.97. The minimum Gasteiger partial charge on any atom is -0.491 e. The van der Waals surface area contributed by atoms with Gasteiger partial charge in [0.15, 0.2) is 5.69 Å². The van der Waals surface area contributed by atoms with Crippen molar-refractivity contribution in [2.45, 2.75) is 66.0 Å². The lowest BCUT2D eigenvalue weighted by Crippen LogP contribution is -2.42. The molecule has 1 aromatic heterocycles. The fourth-order valence-electron chi connectivity index (χ4n) is 2.66. The molecule has 0 aliphatic heterocycles. The van der Waals surface area contributed by atoms with E-state index in [1.54, 1.807) is 30.3 Å². The SMILES string of the molecule is CC(C)Oc1ccc(C(=O)NNC(=O)c2cc(C(C)C)n(C(C)(C)C)n2)cc1. The van der Waals surface area contributed by atoms with Gasteiger partial charge in [0.2, 0.25) is 0 Å². The number of benzene rings is 1. The first-order chi connectivity index (χ1) is 13.0. The van der Waals surface area contributed by atoms with Crippen LogP contribution in [0, 0.1) is 0 Å². The lowest BCUT2D eigenvalue weighted by molar-refractivity contribution is 0.0843. The highest BCUT2D eigenvalue weighted by atomic mass is 16.5. The zero-order valence-corrected chi connectivity index (χ0v) is 17.7. The normalized spacial score (nSPS) is 11.6. The summed E-state index contributed by atoms with van der Waals surface area (Å²) in [6.07, 6.45) is 0.0580. The van der Waals surface area contributed by atoms with Gasteiger partial charge in [0.05, 0.1) is 11.6 Å². The van der Waals surface area contributed by atoms with Gasteiger partial charge in [-0.25, -0.2) is 0 Å². The molecule has 0 bridgehead atoms. The molecule has 1 heterocycles. The fourth-order valence-corrected chi connectivity index (χ4v) is 2.66. The van der Waals surface area contributed by atoms with Gasteiger partial charge >= 0.3 is 0 Å². The standard InChI is InChI=1S/C21H30N4O3/c1-13(2)18-12-17(24-25(18)21(5,6)7)20(27)23-22-19(26)15-8-10-16(11-9-15)28-14(3)4/h8-14H,1-7H3,(H,22,26)(H,23,27). The Balaban J connectivity index is 2.04. The Labute approximate surface area is 166 Å². The summed E-state index contributed by atoms with van der Waals surface area (Å²) in [4.78, 5) is 24.7. The van der Waals surface area contributed by atoms with E-state index in [1.807, 2.05) is 39.3 Å². The smallest absolute Gasteiger partial charge is 0.290 e. The molecule has 1 aromatic carbocycles. The third kappa shape index (κ3) is 5.34. The van der Waals surface area contributed by atoms with Gasteiger partial charge in [-0.1, -0.05) is 13.8 Å². The van der Waals surface area contributed by atoms with Crippen LogP contribution in [-0.2, 0) is 5.54 Å². The summed E-state index contributed by atoms with van der Waals surface area (Å²) in [7, 11) is 0. The number of rotatable bonds is 5. The van der Waals surface area contributed by atoms with Crippen LogP contribution in [-0.4, -0.2) is 27.7 Å². The van der Waals surface area contributed by atoms with Crippen molar-refractivity contribution in [3.8, 4) is 5.75 Å².